The highest BCUT2D eigenvalue weighted by Crippen LogP contribution is 2.16. The van der Waals surface area contributed by atoms with Crippen molar-refractivity contribution < 1.29 is 13.2 Å². The average molecular weight is 378 g/mol. The van der Waals surface area contributed by atoms with Crippen LogP contribution in [0.2, 0.25) is 0 Å². The van der Waals surface area contributed by atoms with E-state index < -0.39 is 10.0 Å². The maximum Gasteiger partial charge on any atom is 0.243 e. The summed E-state index contributed by atoms with van der Waals surface area (Å²) in [6.45, 7) is 6.75. The Kier molecular flexibility index (Phi) is 10.1. The summed E-state index contributed by atoms with van der Waals surface area (Å²) in [4.78, 5) is 11.9. The molecule has 0 aromatic heterocycles. The number of rotatable bonds is 9. The first-order valence-corrected chi connectivity index (χ1v) is 9.36. The van der Waals surface area contributed by atoms with E-state index in [0.717, 1.165) is 5.56 Å². The van der Waals surface area contributed by atoms with Crippen molar-refractivity contribution >= 4 is 28.3 Å². The standard InChI is InChI=1S/C16H27N3O3S.ClH/c1-4-19(5-2)23(21,22)15-9-7-14(8-10-15)12-18-16(20)11-6-13(3)17;/h7-10,13H,4-6,11-12,17H2,1-3H3,(H,18,20);1H. The Hall–Kier alpha value is -1.15. The number of nitrogens with one attached hydrogen (secondary N) is 1. The van der Waals surface area contributed by atoms with Crippen LogP contribution in [-0.4, -0.2) is 37.8 Å². The number of nitrogens with two attached hydrogens (primary N) is 1. The van der Waals surface area contributed by atoms with E-state index in [1.807, 2.05) is 20.8 Å². The summed E-state index contributed by atoms with van der Waals surface area (Å²) in [6.07, 6.45) is 1.04. The van der Waals surface area contributed by atoms with Crippen molar-refractivity contribution in [1.29, 1.82) is 0 Å². The van der Waals surface area contributed by atoms with Gasteiger partial charge in [-0.1, -0.05) is 26.0 Å². The Morgan fingerprint density at radius 3 is 2.21 bits per heavy atom. The van der Waals surface area contributed by atoms with Crippen LogP contribution in [0, 0.1) is 0 Å². The highest BCUT2D eigenvalue weighted by molar-refractivity contribution is 7.89. The smallest absolute Gasteiger partial charge is 0.243 e. The van der Waals surface area contributed by atoms with Crippen molar-refractivity contribution in [3.8, 4) is 0 Å². The molecule has 0 aliphatic heterocycles. The summed E-state index contributed by atoms with van der Waals surface area (Å²) < 4.78 is 26.1. The first-order chi connectivity index (χ1) is 10.8. The van der Waals surface area contributed by atoms with Gasteiger partial charge in [-0.3, -0.25) is 4.79 Å². The number of benzene rings is 1. The van der Waals surface area contributed by atoms with Gasteiger partial charge in [-0.2, -0.15) is 4.31 Å². The molecular weight excluding hydrogens is 350 g/mol. The van der Waals surface area contributed by atoms with Crippen LogP contribution in [-0.2, 0) is 21.4 Å². The number of amides is 1. The first-order valence-electron chi connectivity index (χ1n) is 7.92. The van der Waals surface area contributed by atoms with E-state index in [0.29, 0.717) is 32.5 Å². The number of hydrogen-bond acceptors (Lipinski definition) is 4. The molecule has 1 atom stereocenters. The Morgan fingerprint density at radius 1 is 1.21 bits per heavy atom. The lowest BCUT2D eigenvalue weighted by atomic mass is 10.2. The van der Waals surface area contributed by atoms with Crippen molar-refractivity contribution in [2.45, 2.75) is 51.1 Å². The van der Waals surface area contributed by atoms with Crippen molar-refractivity contribution in [2.75, 3.05) is 13.1 Å². The second kappa shape index (κ2) is 10.7. The molecule has 0 radical (unpaired) electrons. The van der Waals surface area contributed by atoms with Crippen LogP contribution >= 0.6 is 12.4 Å². The van der Waals surface area contributed by atoms with Gasteiger partial charge >= 0.3 is 0 Å². The van der Waals surface area contributed by atoms with Crippen molar-refractivity contribution in [3.05, 3.63) is 29.8 Å². The molecule has 0 fully saturated rings. The summed E-state index contributed by atoms with van der Waals surface area (Å²) in [6, 6.07) is 6.61. The highest BCUT2D eigenvalue weighted by Gasteiger charge is 2.21. The molecule has 1 aromatic carbocycles. The van der Waals surface area contributed by atoms with Gasteiger partial charge in [0, 0.05) is 32.1 Å². The first kappa shape index (κ1) is 22.9. The fourth-order valence-corrected chi connectivity index (χ4v) is 3.60. The van der Waals surface area contributed by atoms with Crippen LogP contribution in [0.1, 0.15) is 39.2 Å². The zero-order valence-electron chi connectivity index (χ0n) is 14.5. The zero-order chi connectivity index (χ0) is 17.5. The lowest BCUT2D eigenvalue weighted by Gasteiger charge is -2.18. The summed E-state index contributed by atoms with van der Waals surface area (Å²) in [5, 5.41) is 2.80. The molecule has 0 saturated carbocycles. The normalized spacial score (nSPS) is 12.5. The summed E-state index contributed by atoms with van der Waals surface area (Å²) in [5.74, 6) is -0.0536. The minimum absolute atomic E-state index is 0. The van der Waals surface area contributed by atoms with Gasteiger partial charge in [0.25, 0.3) is 0 Å². The molecule has 24 heavy (non-hydrogen) atoms. The second-order valence-electron chi connectivity index (χ2n) is 5.53. The van der Waals surface area contributed by atoms with E-state index in [1.54, 1.807) is 24.3 Å². The van der Waals surface area contributed by atoms with Crippen molar-refractivity contribution in [1.82, 2.24) is 9.62 Å². The molecule has 1 rings (SSSR count). The maximum atomic E-state index is 12.4. The van der Waals surface area contributed by atoms with Gasteiger partial charge in [-0.05, 0) is 31.0 Å². The van der Waals surface area contributed by atoms with Crippen LogP contribution in [0.15, 0.2) is 29.2 Å². The van der Waals surface area contributed by atoms with Gasteiger partial charge in [0.1, 0.15) is 0 Å². The third kappa shape index (κ3) is 6.76. The summed E-state index contributed by atoms with van der Waals surface area (Å²) in [7, 11) is -3.44. The van der Waals surface area contributed by atoms with Gasteiger partial charge in [-0.25, -0.2) is 8.42 Å². The molecule has 1 amide bonds. The molecule has 0 heterocycles. The molecule has 1 aromatic rings. The van der Waals surface area contributed by atoms with E-state index >= 15 is 0 Å². The minimum Gasteiger partial charge on any atom is -0.352 e. The molecule has 138 valence electrons. The number of hydrogen-bond donors (Lipinski definition) is 2. The quantitative estimate of drug-likeness (QED) is 0.687. The van der Waals surface area contributed by atoms with Crippen LogP contribution in [0.3, 0.4) is 0 Å². The SMILES string of the molecule is CCN(CC)S(=O)(=O)c1ccc(CNC(=O)CCC(C)N)cc1.Cl. The summed E-state index contributed by atoms with van der Waals surface area (Å²) in [5.41, 5.74) is 6.47. The maximum absolute atomic E-state index is 12.4. The van der Waals surface area contributed by atoms with Crippen LogP contribution in [0.25, 0.3) is 0 Å². The molecule has 6 nitrogen and oxygen atoms in total. The van der Waals surface area contributed by atoms with E-state index in [-0.39, 0.29) is 29.3 Å². The Morgan fingerprint density at radius 2 is 1.75 bits per heavy atom. The van der Waals surface area contributed by atoms with Gasteiger partial charge < -0.3 is 11.1 Å². The van der Waals surface area contributed by atoms with Crippen molar-refractivity contribution in [2.24, 2.45) is 5.73 Å². The largest absolute Gasteiger partial charge is 0.352 e. The molecule has 0 spiro atoms. The predicted octanol–water partition coefficient (Wildman–Crippen LogP) is 1.88. The molecule has 8 heteroatoms. The van der Waals surface area contributed by atoms with Crippen LogP contribution < -0.4 is 11.1 Å². The topological polar surface area (TPSA) is 92.5 Å². The molecule has 0 aliphatic carbocycles. The Bertz CT molecular complexity index is 599. The molecule has 3 N–H and O–H groups in total. The highest BCUT2D eigenvalue weighted by atomic mass is 35.5. The summed E-state index contributed by atoms with van der Waals surface area (Å²) >= 11 is 0. The number of sulfonamides is 1. The fraction of sp³-hybridized carbons (Fsp3) is 0.562. The number of carbonyl (C=O) groups excluding carboxylic acids is 1. The third-order valence-corrected chi connectivity index (χ3v) is 5.65. The molecular formula is C16H28ClN3O3S. The third-order valence-electron chi connectivity index (χ3n) is 3.58. The van der Waals surface area contributed by atoms with E-state index in [1.165, 1.54) is 4.31 Å². The fourth-order valence-electron chi connectivity index (χ4n) is 2.14. The second-order valence-corrected chi connectivity index (χ2v) is 7.46. The van der Waals surface area contributed by atoms with E-state index in [4.69, 9.17) is 5.73 Å². The van der Waals surface area contributed by atoms with Gasteiger partial charge in [0.2, 0.25) is 15.9 Å². The lowest BCUT2D eigenvalue weighted by Crippen LogP contribution is -2.30. The van der Waals surface area contributed by atoms with Gasteiger partial charge in [0.15, 0.2) is 0 Å². The monoisotopic (exact) mass is 377 g/mol. The average Bonchev–Trinajstić information content (AvgIpc) is 2.52. The number of nitrogens with zero attached hydrogens (tertiary/aromatic N) is 1. The Labute approximate surface area is 151 Å². The Balaban J connectivity index is 0.00000529. The lowest BCUT2D eigenvalue weighted by molar-refractivity contribution is -0.121. The predicted molar refractivity (Wildman–Crippen MR) is 98.5 cm³/mol. The molecule has 0 saturated heterocycles. The molecule has 0 aliphatic rings. The van der Waals surface area contributed by atoms with Gasteiger partial charge in [-0.15, -0.1) is 12.4 Å². The van der Waals surface area contributed by atoms with Gasteiger partial charge in [0.05, 0.1) is 4.90 Å². The zero-order valence-corrected chi connectivity index (χ0v) is 16.1. The van der Waals surface area contributed by atoms with Crippen LogP contribution in [0.4, 0.5) is 0 Å². The van der Waals surface area contributed by atoms with E-state index in [9.17, 15) is 13.2 Å². The van der Waals surface area contributed by atoms with Crippen LogP contribution in [0.5, 0.6) is 0 Å². The minimum atomic E-state index is -3.44. The van der Waals surface area contributed by atoms with Crippen molar-refractivity contribution in [3.63, 3.8) is 0 Å². The molecule has 0 bridgehead atoms. The van der Waals surface area contributed by atoms with E-state index in [2.05, 4.69) is 5.32 Å². The number of halogens is 1. The number of carbonyl (C=O) groups is 1. The molecule has 1 unspecified atom stereocenters.